The predicted octanol–water partition coefficient (Wildman–Crippen LogP) is 2.90. The number of ether oxygens (including phenoxy) is 4. The second kappa shape index (κ2) is 11.6. The molecule has 206 valence electrons. The number of benzene rings is 2. The first kappa shape index (κ1) is 28.3. The summed E-state index contributed by atoms with van der Waals surface area (Å²) in [5, 5.41) is 36.9. The van der Waals surface area contributed by atoms with Crippen molar-refractivity contribution in [2.45, 2.75) is 56.9 Å². The molecule has 0 radical (unpaired) electrons. The Morgan fingerprint density at radius 1 is 1.08 bits per heavy atom. The molecule has 11 heteroatoms. The summed E-state index contributed by atoms with van der Waals surface area (Å²) in [6, 6.07) is 12.8. The van der Waals surface area contributed by atoms with Gasteiger partial charge in [0.05, 0.1) is 18.9 Å². The predicted molar refractivity (Wildman–Crippen MR) is 137 cm³/mol. The monoisotopic (exact) mass is 549 g/mol. The number of carbonyl (C=O) groups excluding carboxylic acids is 1. The van der Waals surface area contributed by atoms with Crippen molar-refractivity contribution in [3.63, 3.8) is 0 Å². The molecule has 2 bridgehead atoms. The Morgan fingerprint density at radius 3 is 2.50 bits per heavy atom. The Hall–Kier alpha value is -2.73. The molecule has 2 aromatic carbocycles. The van der Waals surface area contributed by atoms with Crippen molar-refractivity contribution in [1.82, 2.24) is 0 Å². The first-order valence-corrected chi connectivity index (χ1v) is 12.8. The Morgan fingerprint density at radius 2 is 1.82 bits per heavy atom. The van der Waals surface area contributed by atoms with Crippen molar-refractivity contribution in [3.05, 3.63) is 69.7 Å². The zero-order chi connectivity index (χ0) is 27.5. The van der Waals surface area contributed by atoms with Gasteiger partial charge in [-0.05, 0) is 56.0 Å². The maximum Gasteiger partial charge on any atom is 0.508 e. The molecule has 2 heterocycles. The van der Waals surface area contributed by atoms with Gasteiger partial charge >= 0.3 is 6.16 Å². The van der Waals surface area contributed by atoms with Gasteiger partial charge in [0.2, 0.25) is 5.79 Å². The topological polar surface area (TPSA) is 136 Å². The van der Waals surface area contributed by atoms with Crippen LogP contribution in [-0.2, 0) is 36.0 Å². The van der Waals surface area contributed by atoms with Gasteiger partial charge in [0.25, 0.3) is 0 Å². The van der Waals surface area contributed by atoms with Gasteiger partial charge in [-0.25, -0.2) is 4.79 Å². The second-order valence-electron chi connectivity index (χ2n) is 9.25. The van der Waals surface area contributed by atoms with Crippen LogP contribution in [-0.4, -0.2) is 77.5 Å². The summed E-state index contributed by atoms with van der Waals surface area (Å²) in [6.07, 6.45) is -5.33. The van der Waals surface area contributed by atoms with Gasteiger partial charge in [0, 0.05) is 10.6 Å². The van der Waals surface area contributed by atoms with Gasteiger partial charge in [0.15, 0.2) is 5.60 Å². The molecule has 2 fully saturated rings. The molecule has 0 aliphatic carbocycles. The fourth-order valence-electron chi connectivity index (χ4n) is 4.63. The minimum absolute atomic E-state index is 0.105. The van der Waals surface area contributed by atoms with Crippen LogP contribution in [0.3, 0.4) is 0 Å². The number of oxime groups is 1. The van der Waals surface area contributed by atoms with Gasteiger partial charge < -0.3 is 39.1 Å². The number of hydrogen-bond donors (Lipinski definition) is 3. The molecular formula is C27H32ClNO9. The van der Waals surface area contributed by atoms with Crippen molar-refractivity contribution in [2.75, 3.05) is 26.4 Å². The lowest BCUT2D eigenvalue weighted by Gasteiger charge is -2.46. The van der Waals surface area contributed by atoms with Crippen LogP contribution in [0, 0.1) is 0 Å². The van der Waals surface area contributed by atoms with Crippen molar-refractivity contribution in [1.29, 1.82) is 0 Å². The molecule has 10 nitrogen and oxygen atoms in total. The lowest BCUT2D eigenvalue weighted by molar-refractivity contribution is -0.329. The fraction of sp³-hybridized carbons (Fsp3) is 0.481. The SMILES string of the molecule is CCO/N=C(\C)c1ccc(Cc2cc([C@]34OC[C@](COC(=O)OCC)(O3)[C@@H](O)[C@H](O)[C@H]4O)ccc2Cl)cc1. The zero-order valence-corrected chi connectivity index (χ0v) is 22.2. The summed E-state index contributed by atoms with van der Waals surface area (Å²) in [4.78, 5) is 16.9. The number of nitrogens with zero attached hydrogens (tertiary/aromatic N) is 1. The first-order chi connectivity index (χ1) is 18.2. The maximum absolute atomic E-state index is 11.8. The minimum atomic E-state index is -1.81. The standard InChI is InChI=1S/C27H32ClNO9/c1-4-34-25(33)35-14-26-15-36-27(38-26,24(32)22(30)23(26)31)20-10-11-21(28)19(13-20)12-17-6-8-18(9-7-17)16(3)29-37-5-2/h6-11,13,22-24,30-32H,4-5,12,14-15H2,1-3H3/b29-16+/t22-,23-,24+,26-,27-/m0/s1. The van der Waals surface area contributed by atoms with Crippen molar-refractivity contribution < 1.29 is 43.9 Å². The Bertz CT molecular complexity index is 1170. The number of hydrogen-bond acceptors (Lipinski definition) is 10. The molecular weight excluding hydrogens is 518 g/mol. The highest BCUT2D eigenvalue weighted by Crippen LogP contribution is 2.50. The van der Waals surface area contributed by atoms with Crippen LogP contribution in [0.25, 0.3) is 0 Å². The molecule has 2 saturated heterocycles. The van der Waals surface area contributed by atoms with E-state index in [4.69, 9.17) is 35.4 Å². The largest absolute Gasteiger partial charge is 0.508 e. The van der Waals surface area contributed by atoms with Crippen LogP contribution in [0.1, 0.15) is 43.0 Å². The lowest BCUT2D eigenvalue weighted by Crippen LogP contribution is -2.65. The lowest BCUT2D eigenvalue weighted by atomic mass is 9.83. The van der Waals surface area contributed by atoms with E-state index in [9.17, 15) is 20.1 Å². The third kappa shape index (κ3) is 5.38. The number of rotatable bonds is 9. The van der Waals surface area contributed by atoms with Crippen molar-refractivity contribution >= 4 is 23.5 Å². The summed E-state index contributed by atoms with van der Waals surface area (Å²) < 4.78 is 21.9. The van der Waals surface area contributed by atoms with E-state index < -0.39 is 42.5 Å². The average Bonchev–Trinajstić information content (AvgIpc) is 3.30. The molecule has 0 amide bonds. The van der Waals surface area contributed by atoms with E-state index in [-0.39, 0.29) is 13.2 Å². The number of aliphatic hydroxyl groups is 3. The van der Waals surface area contributed by atoms with Gasteiger partial charge in [-0.3, -0.25) is 0 Å². The molecule has 0 unspecified atom stereocenters. The molecule has 2 aliphatic heterocycles. The summed E-state index contributed by atoms with van der Waals surface area (Å²) in [5.41, 5.74) is 2.17. The highest BCUT2D eigenvalue weighted by Gasteiger charge is 2.67. The van der Waals surface area contributed by atoms with Crippen LogP contribution in [0.2, 0.25) is 5.02 Å². The van der Waals surface area contributed by atoms with E-state index in [2.05, 4.69) is 5.16 Å². The first-order valence-electron chi connectivity index (χ1n) is 12.4. The van der Waals surface area contributed by atoms with Gasteiger partial charge in [-0.2, -0.15) is 0 Å². The van der Waals surface area contributed by atoms with Crippen LogP contribution < -0.4 is 0 Å². The molecule has 0 spiro atoms. The number of aliphatic hydroxyl groups excluding tert-OH is 3. The Balaban J connectivity index is 1.59. The van der Waals surface area contributed by atoms with E-state index >= 15 is 0 Å². The third-order valence-electron chi connectivity index (χ3n) is 6.70. The molecule has 4 rings (SSSR count). The normalized spacial score (nSPS) is 28.7. The summed E-state index contributed by atoms with van der Waals surface area (Å²) in [6.45, 7) is 5.26. The highest BCUT2D eigenvalue weighted by atomic mass is 35.5. The molecule has 5 atom stereocenters. The van der Waals surface area contributed by atoms with E-state index in [1.807, 2.05) is 38.1 Å². The van der Waals surface area contributed by atoms with Crippen LogP contribution >= 0.6 is 11.6 Å². The Labute approximate surface area is 225 Å². The summed E-state index contributed by atoms with van der Waals surface area (Å²) >= 11 is 6.51. The quantitative estimate of drug-likeness (QED) is 0.245. The van der Waals surface area contributed by atoms with Gasteiger partial charge in [-0.15, -0.1) is 0 Å². The van der Waals surface area contributed by atoms with E-state index in [0.717, 1.165) is 22.4 Å². The van der Waals surface area contributed by atoms with Crippen molar-refractivity contribution in [2.24, 2.45) is 5.16 Å². The van der Waals surface area contributed by atoms with Gasteiger partial charge in [0.1, 0.15) is 31.5 Å². The molecule has 2 aliphatic rings. The average molecular weight is 550 g/mol. The molecule has 0 saturated carbocycles. The summed E-state index contributed by atoms with van der Waals surface area (Å²) in [7, 11) is 0. The number of halogens is 1. The van der Waals surface area contributed by atoms with E-state index in [1.165, 1.54) is 0 Å². The van der Waals surface area contributed by atoms with Gasteiger partial charge in [-0.1, -0.05) is 47.1 Å². The van der Waals surface area contributed by atoms with Crippen LogP contribution in [0.5, 0.6) is 0 Å². The molecule has 2 aromatic rings. The third-order valence-corrected chi connectivity index (χ3v) is 7.07. The van der Waals surface area contributed by atoms with Crippen LogP contribution in [0.4, 0.5) is 4.79 Å². The summed E-state index contributed by atoms with van der Waals surface area (Å²) in [5.74, 6) is -1.81. The Kier molecular flexibility index (Phi) is 8.61. The smallest absolute Gasteiger partial charge is 0.435 e. The minimum Gasteiger partial charge on any atom is -0.435 e. The van der Waals surface area contributed by atoms with E-state index in [1.54, 1.807) is 25.1 Å². The second-order valence-corrected chi connectivity index (χ2v) is 9.66. The number of carbonyl (C=O) groups is 1. The maximum atomic E-state index is 11.8. The van der Waals surface area contributed by atoms with E-state index in [0.29, 0.717) is 23.6 Å². The molecule has 0 aromatic heterocycles. The fourth-order valence-corrected chi connectivity index (χ4v) is 4.81. The molecule has 38 heavy (non-hydrogen) atoms. The zero-order valence-electron chi connectivity index (χ0n) is 21.4. The van der Waals surface area contributed by atoms with Crippen LogP contribution in [0.15, 0.2) is 47.6 Å². The molecule has 3 N–H and O–H groups in total. The highest BCUT2D eigenvalue weighted by molar-refractivity contribution is 6.31. The van der Waals surface area contributed by atoms with Crippen molar-refractivity contribution in [3.8, 4) is 0 Å². The number of fused-ring (bicyclic) bond motifs is 2.